The first-order valence-corrected chi connectivity index (χ1v) is 6.45. The molecule has 1 saturated heterocycles. The molecule has 0 aliphatic carbocycles. The van der Waals surface area contributed by atoms with Gasteiger partial charge in [-0.1, -0.05) is 0 Å². The summed E-state index contributed by atoms with van der Waals surface area (Å²) < 4.78 is 24.0. The fraction of sp³-hybridized carbons (Fsp3) is 0.429. The summed E-state index contributed by atoms with van der Waals surface area (Å²) in [7, 11) is 2.74. The molecule has 1 aliphatic heterocycles. The van der Waals surface area contributed by atoms with Gasteiger partial charge in [0.15, 0.2) is 11.5 Å². The van der Waals surface area contributed by atoms with Crippen LogP contribution < -0.4 is 9.47 Å². The molecule has 1 aromatic rings. The zero-order valence-electron chi connectivity index (χ0n) is 11.8. The van der Waals surface area contributed by atoms with Crippen LogP contribution in [0.2, 0.25) is 0 Å². The van der Waals surface area contributed by atoms with Gasteiger partial charge in [-0.25, -0.2) is 9.18 Å². The highest BCUT2D eigenvalue weighted by molar-refractivity contribution is 5.97. The van der Waals surface area contributed by atoms with Gasteiger partial charge in [-0.15, -0.1) is 0 Å². The van der Waals surface area contributed by atoms with Gasteiger partial charge in [-0.2, -0.15) is 0 Å². The minimum atomic E-state index is -1.08. The molecule has 0 bridgehead atoms. The van der Waals surface area contributed by atoms with Crippen LogP contribution in [0, 0.1) is 5.82 Å². The summed E-state index contributed by atoms with van der Waals surface area (Å²) in [4.78, 5) is 24.7. The average Bonchev–Trinajstić information content (AvgIpc) is 2.95. The van der Waals surface area contributed by atoms with Crippen molar-refractivity contribution in [1.82, 2.24) is 4.90 Å². The number of methoxy groups -OCH3 is 2. The number of benzene rings is 1. The van der Waals surface area contributed by atoms with Crippen LogP contribution in [0.4, 0.5) is 4.39 Å². The van der Waals surface area contributed by atoms with E-state index >= 15 is 0 Å². The molecule has 1 amide bonds. The van der Waals surface area contributed by atoms with Gasteiger partial charge < -0.3 is 19.5 Å². The zero-order chi connectivity index (χ0) is 15.6. The van der Waals surface area contributed by atoms with Crippen molar-refractivity contribution in [2.24, 2.45) is 0 Å². The Bertz CT molecular complexity index is 575. The molecule has 1 aliphatic rings. The highest BCUT2D eigenvalue weighted by atomic mass is 19.1. The van der Waals surface area contributed by atoms with E-state index in [-0.39, 0.29) is 17.1 Å². The number of amides is 1. The molecule has 1 fully saturated rings. The van der Waals surface area contributed by atoms with Crippen molar-refractivity contribution in [3.63, 3.8) is 0 Å². The minimum Gasteiger partial charge on any atom is -0.493 e. The molecule has 0 saturated carbocycles. The number of rotatable bonds is 4. The van der Waals surface area contributed by atoms with Crippen LogP contribution >= 0.6 is 0 Å². The summed E-state index contributed by atoms with van der Waals surface area (Å²) in [6.07, 6.45) is 0.952. The summed E-state index contributed by atoms with van der Waals surface area (Å²) in [6, 6.07) is 1.37. The molecule has 1 N–H and O–H groups in total. The van der Waals surface area contributed by atoms with Crippen LogP contribution in [0.25, 0.3) is 0 Å². The number of ether oxygens (including phenoxy) is 2. The van der Waals surface area contributed by atoms with Gasteiger partial charge in [-0.3, -0.25) is 4.79 Å². The molecule has 7 heteroatoms. The van der Waals surface area contributed by atoms with Gasteiger partial charge in [0, 0.05) is 12.6 Å². The van der Waals surface area contributed by atoms with E-state index in [0.29, 0.717) is 19.4 Å². The number of carbonyl (C=O) groups is 2. The Hall–Kier alpha value is -2.31. The van der Waals surface area contributed by atoms with Gasteiger partial charge in [0.2, 0.25) is 0 Å². The first kappa shape index (κ1) is 15.1. The second-order valence-electron chi connectivity index (χ2n) is 4.68. The van der Waals surface area contributed by atoms with E-state index in [2.05, 4.69) is 0 Å². The van der Waals surface area contributed by atoms with Crippen LogP contribution in [-0.2, 0) is 4.79 Å². The molecule has 6 nitrogen and oxygen atoms in total. The molecule has 1 atom stereocenters. The van der Waals surface area contributed by atoms with E-state index in [0.717, 1.165) is 6.07 Å². The molecular weight excluding hydrogens is 281 g/mol. The van der Waals surface area contributed by atoms with Gasteiger partial charge >= 0.3 is 5.97 Å². The molecule has 0 aromatic heterocycles. The molecule has 114 valence electrons. The quantitative estimate of drug-likeness (QED) is 0.912. The Morgan fingerprint density at radius 1 is 1.29 bits per heavy atom. The van der Waals surface area contributed by atoms with Crippen LogP contribution in [0.15, 0.2) is 12.1 Å². The number of carboxylic acid groups (broad SMARTS) is 1. The summed E-state index contributed by atoms with van der Waals surface area (Å²) in [5.74, 6) is -2.12. The number of aliphatic carboxylic acids is 1. The highest BCUT2D eigenvalue weighted by Crippen LogP contribution is 2.31. The fourth-order valence-electron chi connectivity index (χ4n) is 2.44. The van der Waals surface area contributed by atoms with Gasteiger partial charge in [0.05, 0.1) is 19.8 Å². The van der Waals surface area contributed by atoms with Crippen molar-refractivity contribution in [3.8, 4) is 11.5 Å². The number of nitrogens with zero attached hydrogens (tertiary/aromatic N) is 1. The van der Waals surface area contributed by atoms with Crippen LogP contribution in [-0.4, -0.2) is 48.7 Å². The third kappa shape index (κ3) is 2.76. The highest BCUT2D eigenvalue weighted by Gasteiger charge is 2.35. The van der Waals surface area contributed by atoms with E-state index in [1.807, 2.05) is 0 Å². The van der Waals surface area contributed by atoms with E-state index < -0.39 is 23.7 Å². The average molecular weight is 297 g/mol. The predicted octanol–water partition coefficient (Wildman–Crippen LogP) is 1.53. The number of halogens is 1. The molecule has 1 unspecified atom stereocenters. The van der Waals surface area contributed by atoms with Crippen molar-refractivity contribution in [2.45, 2.75) is 18.9 Å². The van der Waals surface area contributed by atoms with Crippen LogP contribution in [0.3, 0.4) is 0 Å². The van der Waals surface area contributed by atoms with Crippen molar-refractivity contribution in [1.29, 1.82) is 0 Å². The number of carboxylic acids is 1. The van der Waals surface area contributed by atoms with Gasteiger partial charge in [0.1, 0.15) is 11.9 Å². The summed E-state index contributed by atoms with van der Waals surface area (Å²) in [5.41, 5.74) is -0.221. The Morgan fingerprint density at radius 2 is 1.90 bits per heavy atom. The van der Waals surface area contributed by atoms with Gasteiger partial charge in [0.25, 0.3) is 5.91 Å². The summed E-state index contributed by atoms with van der Waals surface area (Å²) in [5, 5.41) is 9.10. The first-order chi connectivity index (χ1) is 9.99. The van der Waals surface area contributed by atoms with E-state index in [9.17, 15) is 14.0 Å². The summed E-state index contributed by atoms with van der Waals surface area (Å²) >= 11 is 0. The van der Waals surface area contributed by atoms with E-state index in [1.165, 1.54) is 25.2 Å². The molecule has 0 radical (unpaired) electrons. The van der Waals surface area contributed by atoms with Crippen molar-refractivity contribution < 1.29 is 28.6 Å². The Labute approximate surface area is 121 Å². The molecule has 2 rings (SSSR count). The number of carbonyl (C=O) groups excluding carboxylic acids is 1. The maximum Gasteiger partial charge on any atom is 0.326 e. The largest absolute Gasteiger partial charge is 0.493 e. The van der Waals surface area contributed by atoms with Crippen molar-refractivity contribution in [3.05, 3.63) is 23.5 Å². The molecule has 1 heterocycles. The predicted molar refractivity (Wildman–Crippen MR) is 71.2 cm³/mol. The van der Waals surface area contributed by atoms with Gasteiger partial charge in [-0.05, 0) is 18.9 Å². The summed E-state index contributed by atoms with van der Waals surface area (Å²) in [6.45, 7) is 0.295. The van der Waals surface area contributed by atoms with E-state index in [4.69, 9.17) is 14.6 Å². The number of hydrogen-bond donors (Lipinski definition) is 1. The topological polar surface area (TPSA) is 76.1 Å². The Morgan fingerprint density at radius 3 is 2.48 bits per heavy atom. The fourth-order valence-corrected chi connectivity index (χ4v) is 2.44. The van der Waals surface area contributed by atoms with E-state index in [1.54, 1.807) is 0 Å². The van der Waals surface area contributed by atoms with Crippen LogP contribution in [0.5, 0.6) is 11.5 Å². The standard InChI is InChI=1S/C14H16FNO5/c1-20-11-6-8(9(15)7-12(11)21-2)13(17)16-5-3-4-10(16)14(18)19/h6-7,10H,3-5H2,1-2H3,(H,18,19). The first-order valence-electron chi connectivity index (χ1n) is 6.45. The second kappa shape index (κ2) is 5.99. The smallest absolute Gasteiger partial charge is 0.326 e. The lowest BCUT2D eigenvalue weighted by Gasteiger charge is -2.22. The lowest BCUT2D eigenvalue weighted by molar-refractivity contribution is -0.141. The van der Waals surface area contributed by atoms with Crippen LogP contribution in [0.1, 0.15) is 23.2 Å². The Kier molecular flexibility index (Phi) is 4.30. The molecule has 0 spiro atoms. The third-order valence-electron chi connectivity index (χ3n) is 3.50. The normalized spacial score (nSPS) is 17.7. The monoisotopic (exact) mass is 297 g/mol. The van der Waals surface area contributed by atoms with Crippen molar-refractivity contribution in [2.75, 3.05) is 20.8 Å². The number of likely N-dealkylation sites (tertiary alicyclic amines) is 1. The maximum atomic E-state index is 14.1. The maximum absolute atomic E-state index is 14.1. The molecule has 21 heavy (non-hydrogen) atoms. The lowest BCUT2D eigenvalue weighted by atomic mass is 10.1. The van der Waals surface area contributed by atoms with Crippen molar-refractivity contribution >= 4 is 11.9 Å². The molecular formula is C14H16FNO5. The molecule has 1 aromatic carbocycles. The lowest BCUT2D eigenvalue weighted by Crippen LogP contribution is -2.40. The number of hydrogen-bond acceptors (Lipinski definition) is 4. The Balaban J connectivity index is 2.37. The second-order valence-corrected chi connectivity index (χ2v) is 4.68. The zero-order valence-corrected chi connectivity index (χ0v) is 11.8. The SMILES string of the molecule is COc1cc(F)c(C(=O)N2CCCC2C(=O)O)cc1OC. The minimum absolute atomic E-state index is 0.169. The third-order valence-corrected chi connectivity index (χ3v) is 3.50.